The molecule has 0 bridgehead atoms. The molecule has 8 heteroatoms. The first-order valence-corrected chi connectivity index (χ1v) is 11.5. The highest BCUT2D eigenvalue weighted by Gasteiger charge is 2.17. The summed E-state index contributed by atoms with van der Waals surface area (Å²) in [5.74, 6) is -0.247. The van der Waals surface area contributed by atoms with Crippen molar-refractivity contribution >= 4 is 29.8 Å². The lowest BCUT2D eigenvalue weighted by atomic mass is 10.1. The van der Waals surface area contributed by atoms with Gasteiger partial charge in [-0.3, -0.25) is 19.1 Å². The minimum absolute atomic E-state index is 0.102. The second kappa shape index (κ2) is 11.0. The fraction of sp³-hybridized carbons (Fsp3) is 0.417. The topological polar surface area (TPSA) is 99.5 Å². The zero-order valence-corrected chi connectivity index (χ0v) is 19.4. The highest BCUT2D eigenvalue weighted by atomic mass is 32.1. The molecule has 170 valence electrons. The number of benzene rings is 1. The predicted octanol–water partition coefficient (Wildman–Crippen LogP) is 2.93. The van der Waals surface area contributed by atoms with Crippen LogP contribution in [-0.2, 0) is 11.3 Å². The zero-order chi connectivity index (χ0) is 23.1. The average Bonchev–Trinajstić information content (AvgIpc) is 3.10. The van der Waals surface area contributed by atoms with E-state index in [2.05, 4.69) is 22.2 Å². The lowest BCUT2D eigenvalue weighted by Gasteiger charge is -2.12. The van der Waals surface area contributed by atoms with Crippen molar-refractivity contribution in [3.63, 3.8) is 0 Å². The van der Waals surface area contributed by atoms with Crippen LogP contribution in [0.5, 0.6) is 5.88 Å². The lowest BCUT2D eigenvalue weighted by Crippen LogP contribution is -2.25. The first kappa shape index (κ1) is 23.7. The SMILES string of the molecule is CCCCCCCn1c(O)c(/C=C2\N=c3ccccc3=C2CCNC(C)=O)c(=O)[nH]c1=S. The summed E-state index contributed by atoms with van der Waals surface area (Å²) in [4.78, 5) is 31.3. The number of nitrogens with zero attached hydrogens (tertiary/aromatic N) is 2. The molecule has 1 aliphatic rings. The van der Waals surface area contributed by atoms with Crippen LogP contribution in [0, 0.1) is 4.77 Å². The summed E-state index contributed by atoms with van der Waals surface area (Å²) in [6, 6.07) is 7.70. The fourth-order valence-corrected chi connectivity index (χ4v) is 4.10. The summed E-state index contributed by atoms with van der Waals surface area (Å²) in [6.45, 7) is 4.63. The Balaban J connectivity index is 1.96. The number of aromatic nitrogens is 2. The van der Waals surface area contributed by atoms with E-state index in [4.69, 9.17) is 12.2 Å². The van der Waals surface area contributed by atoms with E-state index in [0.717, 1.165) is 41.8 Å². The van der Waals surface area contributed by atoms with Gasteiger partial charge in [0.1, 0.15) is 5.56 Å². The van der Waals surface area contributed by atoms with E-state index in [1.165, 1.54) is 13.3 Å². The van der Waals surface area contributed by atoms with Crippen molar-refractivity contribution < 1.29 is 9.90 Å². The molecule has 1 aliphatic heterocycles. The van der Waals surface area contributed by atoms with Gasteiger partial charge in [0.25, 0.3) is 5.56 Å². The van der Waals surface area contributed by atoms with Gasteiger partial charge in [-0.2, -0.15) is 0 Å². The maximum atomic E-state index is 12.7. The van der Waals surface area contributed by atoms with E-state index < -0.39 is 5.56 Å². The van der Waals surface area contributed by atoms with E-state index in [9.17, 15) is 14.7 Å². The summed E-state index contributed by atoms with van der Waals surface area (Å²) in [6.07, 6.45) is 7.55. The molecule has 2 heterocycles. The summed E-state index contributed by atoms with van der Waals surface area (Å²) < 4.78 is 1.79. The molecule has 0 spiro atoms. The molecular formula is C24H30N4O3S. The molecule has 1 aromatic heterocycles. The third-order valence-corrected chi connectivity index (χ3v) is 5.82. The number of unbranched alkanes of at least 4 members (excludes halogenated alkanes) is 4. The van der Waals surface area contributed by atoms with Gasteiger partial charge < -0.3 is 10.4 Å². The highest BCUT2D eigenvalue weighted by Crippen LogP contribution is 2.24. The molecule has 32 heavy (non-hydrogen) atoms. The Hall–Kier alpha value is -3.00. The van der Waals surface area contributed by atoms with Crippen LogP contribution < -0.4 is 21.5 Å². The molecule has 0 radical (unpaired) electrons. The lowest BCUT2D eigenvalue weighted by molar-refractivity contribution is -0.118. The zero-order valence-electron chi connectivity index (χ0n) is 18.6. The molecule has 0 aliphatic carbocycles. The van der Waals surface area contributed by atoms with Crippen molar-refractivity contribution in [2.45, 2.75) is 58.9 Å². The van der Waals surface area contributed by atoms with Gasteiger partial charge in [0, 0.05) is 25.2 Å². The molecule has 1 amide bonds. The summed E-state index contributed by atoms with van der Waals surface area (Å²) in [5, 5.41) is 15.5. The number of nitrogens with one attached hydrogen (secondary N) is 2. The Labute approximate surface area is 192 Å². The summed E-state index contributed by atoms with van der Waals surface area (Å²) in [5.41, 5.74) is 1.20. The largest absolute Gasteiger partial charge is 0.494 e. The standard InChI is InChI=1S/C24H30N4O3S/c1-3-4-5-6-9-14-28-23(31)19(22(30)27-24(28)32)15-21-18(12-13-25-16(2)29)17-10-7-8-11-20(17)26-21/h7-8,10-11,15,31H,3-6,9,12-14H2,1-2H3,(H,25,29)(H,27,30,32)/b21-15-. The number of aromatic amines is 1. The highest BCUT2D eigenvalue weighted by molar-refractivity contribution is 7.71. The number of para-hydroxylation sites is 1. The van der Waals surface area contributed by atoms with Crippen LogP contribution in [0.3, 0.4) is 0 Å². The van der Waals surface area contributed by atoms with Gasteiger partial charge in [0.05, 0.1) is 11.1 Å². The van der Waals surface area contributed by atoms with E-state index >= 15 is 0 Å². The van der Waals surface area contributed by atoms with Gasteiger partial charge in [0.2, 0.25) is 11.8 Å². The van der Waals surface area contributed by atoms with Crippen molar-refractivity contribution in [2.24, 2.45) is 4.99 Å². The maximum Gasteiger partial charge on any atom is 0.262 e. The number of carbonyl (C=O) groups excluding carboxylic acids is 1. The van der Waals surface area contributed by atoms with Crippen molar-refractivity contribution in [1.29, 1.82) is 0 Å². The molecule has 0 atom stereocenters. The minimum Gasteiger partial charge on any atom is -0.494 e. The monoisotopic (exact) mass is 454 g/mol. The Morgan fingerprint density at radius 2 is 2.00 bits per heavy atom. The van der Waals surface area contributed by atoms with Crippen LogP contribution in [-0.4, -0.2) is 27.1 Å². The molecule has 0 saturated carbocycles. The van der Waals surface area contributed by atoms with Gasteiger partial charge in [0.15, 0.2) is 4.77 Å². The molecule has 3 N–H and O–H groups in total. The van der Waals surface area contributed by atoms with Crippen molar-refractivity contribution in [3.8, 4) is 5.88 Å². The third kappa shape index (κ3) is 5.62. The molecular weight excluding hydrogens is 424 g/mol. The van der Waals surface area contributed by atoms with Crippen molar-refractivity contribution in [1.82, 2.24) is 14.9 Å². The summed E-state index contributed by atoms with van der Waals surface area (Å²) >= 11 is 5.29. The van der Waals surface area contributed by atoms with Gasteiger partial charge in [-0.1, -0.05) is 50.8 Å². The number of carbonyl (C=O) groups is 1. The van der Waals surface area contributed by atoms with Crippen LogP contribution in [0.25, 0.3) is 11.6 Å². The number of rotatable bonds is 10. The van der Waals surface area contributed by atoms with Gasteiger partial charge in [-0.25, -0.2) is 4.99 Å². The Morgan fingerprint density at radius 1 is 1.25 bits per heavy atom. The Bertz CT molecular complexity index is 1260. The molecule has 3 rings (SSSR count). The molecule has 2 aromatic rings. The number of aromatic hydroxyl groups is 1. The molecule has 0 fully saturated rings. The Kier molecular flexibility index (Phi) is 8.16. The fourth-order valence-electron chi connectivity index (χ4n) is 3.83. The van der Waals surface area contributed by atoms with Crippen molar-refractivity contribution in [3.05, 3.63) is 61.2 Å². The predicted molar refractivity (Wildman–Crippen MR) is 128 cm³/mol. The van der Waals surface area contributed by atoms with Gasteiger partial charge in [-0.15, -0.1) is 0 Å². The van der Waals surface area contributed by atoms with Crippen molar-refractivity contribution in [2.75, 3.05) is 6.54 Å². The normalized spacial score (nSPS) is 13.8. The Morgan fingerprint density at radius 3 is 2.75 bits per heavy atom. The van der Waals surface area contributed by atoms with E-state index in [1.807, 2.05) is 24.3 Å². The minimum atomic E-state index is -0.449. The molecule has 0 saturated heterocycles. The van der Waals surface area contributed by atoms with Crippen LogP contribution in [0.4, 0.5) is 0 Å². The van der Waals surface area contributed by atoms with E-state index in [1.54, 1.807) is 10.6 Å². The number of fused-ring (bicyclic) bond motifs is 1. The van der Waals surface area contributed by atoms with Crippen LogP contribution in [0.1, 0.15) is 57.9 Å². The number of amides is 1. The van der Waals surface area contributed by atoms with Crippen LogP contribution >= 0.6 is 12.2 Å². The molecule has 0 unspecified atom stereocenters. The number of allylic oxidation sites excluding steroid dienone is 1. The van der Waals surface area contributed by atoms with E-state index in [-0.39, 0.29) is 22.1 Å². The first-order chi connectivity index (χ1) is 15.4. The van der Waals surface area contributed by atoms with Crippen LogP contribution in [0.2, 0.25) is 0 Å². The maximum absolute atomic E-state index is 12.7. The average molecular weight is 455 g/mol. The quantitative estimate of drug-likeness (QED) is 0.380. The molecule has 1 aromatic carbocycles. The number of H-pyrrole nitrogens is 1. The number of hydrogen-bond acceptors (Lipinski definition) is 5. The van der Waals surface area contributed by atoms with Gasteiger partial charge >= 0.3 is 0 Å². The first-order valence-electron chi connectivity index (χ1n) is 11.1. The van der Waals surface area contributed by atoms with E-state index in [0.29, 0.717) is 25.2 Å². The third-order valence-electron chi connectivity index (χ3n) is 5.50. The van der Waals surface area contributed by atoms with Gasteiger partial charge in [-0.05, 0) is 42.8 Å². The number of hydrogen-bond donors (Lipinski definition) is 3. The smallest absolute Gasteiger partial charge is 0.262 e. The second-order valence-electron chi connectivity index (χ2n) is 7.93. The second-order valence-corrected chi connectivity index (χ2v) is 8.32. The van der Waals surface area contributed by atoms with Crippen LogP contribution in [0.15, 0.2) is 39.7 Å². The molecule has 7 nitrogen and oxygen atoms in total. The summed E-state index contributed by atoms with van der Waals surface area (Å²) in [7, 11) is 0.